The van der Waals surface area contributed by atoms with Crippen LogP contribution < -0.4 is 9.47 Å². The molecule has 33 heavy (non-hydrogen) atoms. The first-order valence-electron chi connectivity index (χ1n) is 10.3. The predicted molar refractivity (Wildman–Crippen MR) is 110 cm³/mol. The van der Waals surface area contributed by atoms with Crippen LogP contribution in [0.1, 0.15) is 11.1 Å². The Morgan fingerprint density at radius 2 is 1.18 bits per heavy atom. The van der Waals surface area contributed by atoms with E-state index in [1.807, 2.05) is 0 Å². The van der Waals surface area contributed by atoms with Gasteiger partial charge in [-0.1, -0.05) is 12.7 Å². The Morgan fingerprint density at radius 1 is 0.758 bits per heavy atom. The van der Waals surface area contributed by atoms with Crippen LogP contribution in [0.3, 0.4) is 0 Å². The number of hydrogen-bond acceptors (Lipinski definition) is 12. The Kier molecular flexibility index (Phi) is 8.29. The van der Waals surface area contributed by atoms with Gasteiger partial charge < -0.3 is 59.8 Å². The molecule has 2 saturated heterocycles. The van der Waals surface area contributed by atoms with E-state index < -0.39 is 74.6 Å². The molecule has 12 nitrogen and oxygen atoms in total. The van der Waals surface area contributed by atoms with E-state index in [4.69, 9.17) is 18.9 Å². The Bertz CT molecular complexity index is 815. The summed E-state index contributed by atoms with van der Waals surface area (Å²) in [5, 5.41) is 79.3. The summed E-state index contributed by atoms with van der Waals surface area (Å²) in [5.41, 5.74) is 1.28. The lowest BCUT2D eigenvalue weighted by molar-refractivity contribution is -0.282. The number of aliphatic hydroxyl groups is 8. The molecule has 0 amide bonds. The highest BCUT2D eigenvalue weighted by atomic mass is 16.7. The molecule has 0 unspecified atom stereocenters. The van der Waals surface area contributed by atoms with Gasteiger partial charge in [-0.2, -0.15) is 0 Å². The van der Waals surface area contributed by atoms with Crippen molar-refractivity contribution in [2.24, 2.45) is 0 Å². The van der Waals surface area contributed by atoms with Gasteiger partial charge in [-0.25, -0.2) is 0 Å². The second-order valence-electron chi connectivity index (χ2n) is 7.99. The van der Waals surface area contributed by atoms with Crippen molar-refractivity contribution in [1.82, 2.24) is 0 Å². The second kappa shape index (κ2) is 10.6. The van der Waals surface area contributed by atoms with Crippen LogP contribution in [-0.2, 0) is 9.47 Å². The first kappa shape index (κ1) is 25.8. The molecule has 2 aliphatic rings. The van der Waals surface area contributed by atoms with Crippen LogP contribution in [-0.4, -0.2) is 115 Å². The average Bonchev–Trinajstić information content (AvgIpc) is 2.80. The van der Waals surface area contributed by atoms with Crippen LogP contribution in [0.4, 0.5) is 0 Å². The molecule has 2 fully saturated rings. The maximum absolute atomic E-state index is 10.3. The fourth-order valence-corrected chi connectivity index (χ4v) is 3.66. The van der Waals surface area contributed by atoms with Gasteiger partial charge in [0, 0.05) is 0 Å². The smallest absolute Gasteiger partial charge is 0.229 e. The van der Waals surface area contributed by atoms with E-state index in [1.54, 1.807) is 6.92 Å². The molecule has 0 bridgehead atoms. The van der Waals surface area contributed by atoms with Crippen molar-refractivity contribution < 1.29 is 59.8 Å². The van der Waals surface area contributed by atoms with Gasteiger partial charge in [-0.05, 0) is 30.2 Å². The SMILES string of the molecule is C=Cc1cc(O[C@@H]2O[C@H](CO)[C@@H](O)[C@H](O)[C@H]2O)c(O[C@@H]2O[C@H](CO)[C@@H](O)[C@H](O)[C@H]2O)cc1C. The molecule has 186 valence electrons. The quantitative estimate of drug-likeness (QED) is 0.199. The molecule has 0 aromatic heterocycles. The molecule has 1 aromatic rings. The number of aliphatic hydroxyl groups excluding tert-OH is 8. The molecule has 2 aliphatic heterocycles. The van der Waals surface area contributed by atoms with Crippen LogP contribution in [0.25, 0.3) is 6.08 Å². The molecule has 3 rings (SSSR count). The zero-order valence-electron chi connectivity index (χ0n) is 17.8. The molecule has 8 N–H and O–H groups in total. The highest BCUT2D eigenvalue weighted by molar-refractivity contribution is 5.59. The Morgan fingerprint density at radius 3 is 1.58 bits per heavy atom. The fraction of sp³-hybridized carbons (Fsp3) is 0.619. The number of aryl methyl sites for hydroxylation is 1. The van der Waals surface area contributed by atoms with Crippen LogP contribution in [0.15, 0.2) is 18.7 Å². The highest BCUT2D eigenvalue weighted by Gasteiger charge is 2.46. The van der Waals surface area contributed by atoms with Gasteiger partial charge in [-0.15, -0.1) is 0 Å². The van der Waals surface area contributed by atoms with Gasteiger partial charge in [-0.3, -0.25) is 0 Å². The standard InChI is InChI=1S/C21H30O12/c1-3-9-5-11(31-21-19(29)17(27)15(25)13(7-23)33-21)10(4-8(9)2)30-20-18(28)16(26)14(24)12(6-22)32-20/h3-5,12-29H,1,6-7H2,2H3/t12-,13-,14-,15-,16+,17+,18-,19-,20-,21-/m1/s1. The molecular formula is C21H30O12. The van der Waals surface area contributed by atoms with Gasteiger partial charge in [0.15, 0.2) is 11.5 Å². The van der Waals surface area contributed by atoms with Gasteiger partial charge >= 0.3 is 0 Å². The Balaban J connectivity index is 1.90. The molecule has 0 aliphatic carbocycles. The normalized spacial score (nSPS) is 39.2. The van der Waals surface area contributed by atoms with Crippen LogP contribution >= 0.6 is 0 Å². The minimum atomic E-state index is -1.68. The van der Waals surface area contributed by atoms with Crippen LogP contribution in [0.2, 0.25) is 0 Å². The molecule has 0 radical (unpaired) electrons. The monoisotopic (exact) mass is 474 g/mol. The Hall–Kier alpha value is -1.84. The van der Waals surface area contributed by atoms with Crippen molar-refractivity contribution in [2.45, 2.75) is 68.3 Å². The largest absolute Gasteiger partial charge is 0.458 e. The van der Waals surface area contributed by atoms with E-state index in [2.05, 4.69) is 6.58 Å². The summed E-state index contributed by atoms with van der Waals surface area (Å²) in [6.07, 6.45) is -13.7. The van der Waals surface area contributed by atoms with Crippen LogP contribution in [0.5, 0.6) is 11.5 Å². The van der Waals surface area contributed by atoms with E-state index >= 15 is 0 Å². The molecule has 1 aromatic carbocycles. The van der Waals surface area contributed by atoms with Gasteiger partial charge in [0.2, 0.25) is 12.6 Å². The maximum Gasteiger partial charge on any atom is 0.229 e. The minimum Gasteiger partial charge on any atom is -0.458 e. The third-order valence-electron chi connectivity index (χ3n) is 5.74. The number of rotatable bonds is 7. The van der Waals surface area contributed by atoms with Gasteiger partial charge in [0.05, 0.1) is 13.2 Å². The first-order valence-corrected chi connectivity index (χ1v) is 10.3. The third kappa shape index (κ3) is 5.15. The summed E-state index contributed by atoms with van der Waals surface area (Å²) >= 11 is 0. The number of hydrogen-bond donors (Lipinski definition) is 8. The van der Waals surface area contributed by atoms with E-state index in [-0.39, 0.29) is 11.5 Å². The zero-order chi connectivity index (χ0) is 24.4. The van der Waals surface area contributed by atoms with Crippen molar-refractivity contribution in [1.29, 1.82) is 0 Å². The topological polar surface area (TPSA) is 199 Å². The van der Waals surface area contributed by atoms with Crippen molar-refractivity contribution in [3.63, 3.8) is 0 Å². The van der Waals surface area contributed by atoms with E-state index in [1.165, 1.54) is 18.2 Å². The van der Waals surface area contributed by atoms with E-state index in [9.17, 15) is 40.9 Å². The van der Waals surface area contributed by atoms with Gasteiger partial charge in [0.25, 0.3) is 0 Å². The molecular weight excluding hydrogens is 444 g/mol. The van der Waals surface area contributed by atoms with Crippen molar-refractivity contribution in [2.75, 3.05) is 13.2 Å². The summed E-state index contributed by atoms with van der Waals surface area (Å²) in [6, 6.07) is 2.97. The zero-order valence-corrected chi connectivity index (χ0v) is 17.8. The summed E-state index contributed by atoms with van der Waals surface area (Å²) < 4.78 is 22.1. The lowest BCUT2D eigenvalue weighted by Crippen LogP contribution is -2.60. The molecule has 2 heterocycles. The van der Waals surface area contributed by atoms with E-state index in [0.29, 0.717) is 11.1 Å². The Labute approximate surface area is 189 Å². The summed E-state index contributed by atoms with van der Waals surface area (Å²) in [7, 11) is 0. The average molecular weight is 474 g/mol. The molecule has 12 heteroatoms. The number of ether oxygens (including phenoxy) is 4. The van der Waals surface area contributed by atoms with Crippen molar-refractivity contribution in [3.05, 3.63) is 29.8 Å². The third-order valence-corrected chi connectivity index (χ3v) is 5.74. The summed E-state index contributed by atoms with van der Waals surface area (Å²) in [4.78, 5) is 0. The van der Waals surface area contributed by atoms with Gasteiger partial charge in [0.1, 0.15) is 48.8 Å². The first-order chi connectivity index (χ1) is 15.6. The van der Waals surface area contributed by atoms with Crippen molar-refractivity contribution in [3.8, 4) is 11.5 Å². The lowest BCUT2D eigenvalue weighted by atomic mass is 9.99. The summed E-state index contributed by atoms with van der Waals surface area (Å²) in [6.45, 7) is 4.14. The van der Waals surface area contributed by atoms with Crippen molar-refractivity contribution >= 4 is 6.08 Å². The van der Waals surface area contributed by atoms with Crippen LogP contribution in [0, 0.1) is 6.92 Å². The second-order valence-corrected chi connectivity index (χ2v) is 7.99. The summed E-state index contributed by atoms with van der Waals surface area (Å²) in [5.74, 6) is -0.0730. The predicted octanol–water partition coefficient (Wildman–Crippen LogP) is -3.00. The van der Waals surface area contributed by atoms with E-state index in [0.717, 1.165) is 0 Å². The molecule has 0 saturated carbocycles. The maximum atomic E-state index is 10.3. The number of benzene rings is 1. The highest BCUT2D eigenvalue weighted by Crippen LogP contribution is 2.36. The minimum absolute atomic E-state index is 0.0283. The molecule has 10 atom stereocenters. The lowest BCUT2D eigenvalue weighted by Gasteiger charge is -2.41. The fourth-order valence-electron chi connectivity index (χ4n) is 3.66. The molecule has 0 spiro atoms.